The average molecular weight is 252 g/mol. The van der Waals surface area contributed by atoms with E-state index in [2.05, 4.69) is 10.3 Å². The van der Waals surface area contributed by atoms with Gasteiger partial charge in [-0.1, -0.05) is 5.21 Å². The lowest BCUT2D eigenvalue weighted by Gasteiger charge is -2.32. The van der Waals surface area contributed by atoms with Crippen LogP contribution in [-0.2, 0) is 11.3 Å². The summed E-state index contributed by atoms with van der Waals surface area (Å²) in [7, 11) is 0. The number of rotatable bonds is 3. The van der Waals surface area contributed by atoms with Crippen LogP contribution in [0.2, 0.25) is 0 Å². The van der Waals surface area contributed by atoms with Crippen molar-refractivity contribution in [1.29, 1.82) is 0 Å². The SMILES string of the molecule is CC1CCCCN1C(=O)c1cn(CC(=O)O)nn1. The van der Waals surface area contributed by atoms with E-state index in [1.165, 1.54) is 6.20 Å². The predicted molar refractivity (Wildman–Crippen MR) is 62.0 cm³/mol. The molecule has 1 aliphatic rings. The number of piperidine rings is 1. The lowest BCUT2D eigenvalue weighted by Crippen LogP contribution is -2.42. The van der Waals surface area contributed by atoms with E-state index in [0.29, 0.717) is 0 Å². The highest BCUT2D eigenvalue weighted by Crippen LogP contribution is 2.18. The second-order valence-corrected chi connectivity index (χ2v) is 4.54. The molecule has 1 saturated heterocycles. The average Bonchev–Trinajstić information content (AvgIpc) is 2.76. The number of carboxylic acid groups (broad SMARTS) is 1. The fourth-order valence-corrected chi connectivity index (χ4v) is 2.16. The molecule has 98 valence electrons. The second kappa shape index (κ2) is 5.16. The molecule has 1 aromatic rings. The molecule has 1 amide bonds. The summed E-state index contributed by atoms with van der Waals surface area (Å²) in [6.45, 7) is 2.46. The third kappa shape index (κ3) is 2.66. The van der Waals surface area contributed by atoms with Crippen LogP contribution in [0.1, 0.15) is 36.7 Å². The van der Waals surface area contributed by atoms with Crippen LogP contribution in [-0.4, -0.2) is 49.5 Å². The minimum absolute atomic E-state index is 0.168. The van der Waals surface area contributed by atoms with Gasteiger partial charge in [-0.05, 0) is 26.2 Å². The Morgan fingerprint density at radius 2 is 2.28 bits per heavy atom. The zero-order chi connectivity index (χ0) is 13.1. The Kier molecular flexibility index (Phi) is 3.59. The van der Waals surface area contributed by atoms with E-state index < -0.39 is 5.97 Å². The summed E-state index contributed by atoms with van der Waals surface area (Å²) < 4.78 is 1.16. The molecular weight excluding hydrogens is 236 g/mol. The Balaban J connectivity index is 2.08. The monoisotopic (exact) mass is 252 g/mol. The van der Waals surface area contributed by atoms with Crippen LogP contribution < -0.4 is 0 Å². The van der Waals surface area contributed by atoms with Crippen molar-refractivity contribution in [2.45, 2.75) is 38.8 Å². The minimum Gasteiger partial charge on any atom is -0.480 e. The maximum atomic E-state index is 12.2. The number of carbonyl (C=O) groups excluding carboxylic acids is 1. The molecule has 0 bridgehead atoms. The molecule has 2 rings (SSSR count). The second-order valence-electron chi connectivity index (χ2n) is 4.54. The van der Waals surface area contributed by atoms with E-state index >= 15 is 0 Å². The fraction of sp³-hybridized carbons (Fsp3) is 0.636. The molecular formula is C11H16N4O3. The zero-order valence-corrected chi connectivity index (χ0v) is 10.2. The highest BCUT2D eigenvalue weighted by molar-refractivity contribution is 5.92. The molecule has 1 aromatic heterocycles. The molecule has 0 radical (unpaired) electrons. The van der Waals surface area contributed by atoms with E-state index in [0.717, 1.165) is 30.5 Å². The Morgan fingerprint density at radius 1 is 1.50 bits per heavy atom. The van der Waals surface area contributed by atoms with Crippen LogP contribution in [0, 0.1) is 0 Å². The highest BCUT2D eigenvalue weighted by atomic mass is 16.4. The number of aromatic nitrogens is 3. The maximum absolute atomic E-state index is 12.2. The molecule has 0 aromatic carbocycles. The van der Waals surface area contributed by atoms with E-state index in [1.54, 1.807) is 4.90 Å². The number of likely N-dealkylation sites (tertiary alicyclic amines) is 1. The molecule has 7 heteroatoms. The number of nitrogens with zero attached hydrogens (tertiary/aromatic N) is 4. The summed E-state index contributed by atoms with van der Waals surface area (Å²) in [5.74, 6) is -1.18. The molecule has 18 heavy (non-hydrogen) atoms. The van der Waals surface area contributed by atoms with Gasteiger partial charge in [0.2, 0.25) is 0 Å². The topological polar surface area (TPSA) is 88.3 Å². The first kappa shape index (κ1) is 12.5. The van der Waals surface area contributed by atoms with Crippen LogP contribution in [0.3, 0.4) is 0 Å². The standard InChI is InChI=1S/C11H16N4O3/c1-8-4-2-3-5-15(8)11(18)9-6-14(13-12-9)7-10(16)17/h6,8H,2-5,7H2,1H3,(H,16,17). The van der Waals surface area contributed by atoms with Gasteiger partial charge in [-0.15, -0.1) is 5.10 Å². The lowest BCUT2D eigenvalue weighted by molar-refractivity contribution is -0.137. The fourth-order valence-electron chi connectivity index (χ4n) is 2.16. The molecule has 1 aliphatic heterocycles. The molecule has 1 N–H and O–H groups in total. The molecule has 0 spiro atoms. The van der Waals surface area contributed by atoms with Gasteiger partial charge in [-0.25, -0.2) is 4.68 Å². The summed E-state index contributed by atoms with van der Waals surface area (Å²) in [6.07, 6.45) is 4.52. The van der Waals surface area contributed by atoms with Crippen molar-refractivity contribution in [3.8, 4) is 0 Å². The Hall–Kier alpha value is -1.92. The largest absolute Gasteiger partial charge is 0.480 e. The van der Waals surface area contributed by atoms with Crippen LogP contribution >= 0.6 is 0 Å². The summed E-state index contributed by atoms with van der Waals surface area (Å²) in [4.78, 5) is 24.5. The van der Waals surface area contributed by atoms with Gasteiger partial charge in [-0.2, -0.15) is 0 Å². The first-order valence-electron chi connectivity index (χ1n) is 6.01. The Labute approximate surface area is 104 Å². The van der Waals surface area contributed by atoms with Gasteiger partial charge in [0.05, 0.1) is 6.20 Å². The van der Waals surface area contributed by atoms with Crippen molar-refractivity contribution in [2.24, 2.45) is 0 Å². The van der Waals surface area contributed by atoms with Gasteiger partial charge in [0.25, 0.3) is 5.91 Å². The molecule has 2 heterocycles. The number of hydrogen-bond acceptors (Lipinski definition) is 4. The number of carbonyl (C=O) groups is 2. The maximum Gasteiger partial charge on any atom is 0.325 e. The predicted octanol–water partition coefficient (Wildman–Crippen LogP) is 0.377. The van der Waals surface area contributed by atoms with Crippen LogP contribution in [0.15, 0.2) is 6.20 Å². The van der Waals surface area contributed by atoms with Gasteiger partial charge in [0.15, 0.2) is 5.69 Å². The first-order chi connectivity index (χ1) is 8.58. The van der Waals surface area contributed by atoms with Crippen LogP contribution in [0.4, 0.5) is 0 Å². The van der Waals surface area contributed by atoms with Crippen molar-refractivity contribution in [1.82, 2.24) is 19.9 Å². The third-order valence-corrected chi connectivity index (χ3v) is 3.12. The quantitative estimate of drug-likeness (QED) is 0.840. The normalized spacial score (nSPS) is 19.8. The van der Waals surface area contributed by atoms with Crippen molar-refractivity contribution >= 4 is 11.9 Å². The van der Waals surface area contributed by atoms with E-state index in [9.17, 15) is 9.59 Å². The molecule has 1 unspecified atom stereocenters. The van der Waals surface area contributed by atoms with Gasteiger partial charge < -0.3 is 10.0 Å². The summed E-state index contributed by atoms with van der Waals surface area (Å²) in [6, 6.07) is 0.205. The van der Waals surface area contributed by atoms with Gasteiger partial charge in [0.1, 0.15) is 6.54 Å². The molecule has 7 nitrogen and oxygen atoms in total. The minimum atomic E-state index is -1.01. The zero-order valence-electron chi connectivity index (χ0n) is 10.2. The molecule has 0 aliphatic carbocycles. The van der Waals surface area contributed by atoms with Crippen molar-refractivity contribution in [3.63, 3.8) is 0 Å². The summed E-state index contributed by atoms with van der Waals surface area (Å²) >= 11 is 0. The molecule has 1 atom stereocenters. The van der Waals surface area contributed by atoms with Gasteiger partial charge in [0, 0.05) is 12.6 Å². The van der Waals surface area contributed by atoms with Gasteiger partial charge >= 0.3 is 5.97 Å². The number of carboxylic acids is 1. The van der Waals surface area contributed by atoms with Gasteiger partial charge in [-0.3, -0.25) is 9.59 Å². The van der Waals surface area contributed by atoms with Crippen molar-refractivity contribution < 1.29 is 14.7 Å². The number of amides is 1. The van der Waals surface area contributed by atoms with Crippen LogP contribution in [0.25, 0.3) is 0 Å². The van der Waals surface area contributed by atoms with E-state index in [4.69, 9.17) is 5.11 Å². The molecule has 1 fully saturated rings. The van der Waals surface area contributed by atoms with Crippen LogP contribution in [0.5, 0.6) is 0 Å². The Morgan fingerprint density at radius 3 is 2.94 bits per heavy atom. The summed E-state index contributed by atoms with van der Waals surface area (Å²) in [5.41, 5.74) is 0.213. The number of hydrogen-bond donors (Lipinski definition) is 1. The summed E-state index contributed by atoms with van der Waals surface area (Å²) in [5, 5.41) is 16.0. The lowest BCUT2D eigenvalue weighted by atomic mass is 10.0. The number of aliphatic carboxylic acids is 1. The third-order valence-electron chi connectivity index (χ3n) is 3.12. The van der Waals surface area contributed by atoms with E-state index in [1.807, 2.05) is 6.92 Å². The van der Waals surface area contributed by atoms with E-state index in [-0.39, 0.29) is 24.2 Å². The highest BCUT2D eigenvalue weighted by Gasteiger charge is 2.26. The van der Waals surface area contributed by atoms with Crippen molar-refractivity contribution in [3.05, 3.63) is 11.9 Å². The van der Waals surface area contributed by atoms with Crippen molar-refractivity contribution in [2.75, 3.05) is 6.54 Å². The smallest absolute Gasteiger partial charge is 0.325 e. The molecule has 0 saturated carbocycles. The Bertz CT molecular complexity index is 457. The first-order valence-corrected chi connectivity index (χ1v) is 6.01.